The van der Waals surface area contributed by atoms with E-state index < -0.39 is 0 Å². The first-order valence-electron chi connectivity index (χ1n) is 8.58. The second kappa shape index (κ2) is 8.14. The van der Waals surface area contributed by atoms with Gasteiger partial charge in [-0.05, 0) is 37.5 Å². The minimum absolute atomic E-state index is 0.0881. The van der Waals surface area contributed by atoms with Crippen LogP contribution in [0.15, 0.2) is 35.4 Å². The van der Waals surface area contributed by atoms with Gasteiger partial charge in [0.2, 0.25) is 11.0 Å². The zero-order valence-corrected chi connectivity index (χ0v) is 16.9. The summed E-state index contributed by atoms with van der Waals surface area (Å²) in [5, 5.41) is 14.3. The van der Waals surface area contributed by atoms with Gasteiger partial charge >= 0.3 is 0 Å². The van der Waals surface area contributed by atoms with Crippen LogP contribution in [-0.4, -0.2) is 26.3 Å². The van der Waals surface area contributed by atoms with Gasteiger partial charge in [-0.2, -0.15) is 0 Å². The predicted molar refractivity (Wildman–Crippen MR) is 109 cm³/mol. The molecule has 1 N–H and O–H groups in total. The Hall–Kier alpha value is -1.99. The first-order chi connectivity index (χ1) is 12.4. The summed E-state index contributed by atoms with van der Waals surface area (Å²) < 4.78 is 0. The van der Waals surface area contributed by atoms with Crippen LogP contribution in [0.4, 0.5) is 5.13 Å². The third-order valence-corrected chi connectivity index (χ3v) is 5.73. The van der Waals surface area contributed by atoms with Gasteiger partial charge in [-0.15, -0.1) is 10.2 Å². The Bertz CT molecular complexity index is 923. The van der Waals surface area contributed by atoms with Crippen molar-refractivity contribution < 1.29 is 4.79 Å². The van der Waals surface area contributed by atoms with Crippen molar-refractivity contribution in [1.29, 1.82) is 0 Å². The minimum Gasteiger partial charge on any atom is -0.300 e. The molecule has 2 aromatic heterocycles. The Morgan fingerprint density at radius 3 is 2.77 bits per heavy atom. The monoisotopic (exact) mass is 386 g/mol. The standard InChI is InChI=1S/C19H22N4OS2/c1-11(2)9-17-22-23-19(26-17)21-18(24)13(4)25-16-10-12(3)14-7-5-6-8-15(14)20-16/h5-8,10-11,13H,9H2,1-4H3,(H,21,23,24). The maximum absolute atomic E-state index is 12.5. The van der Waals surface area contributed by atoms with E-state index in [1.807, 2.05) is 31.2 Å². The van der Waals surface area contributed by atoms with Crippen LogP contribution in [0.2, 0.25) is 0 Å². The van der Waals surface area contributed by atoms with Crippen LogP contribution in [0.25, 0.3) is 10.9 Å². The number of fused-ring (bicyclic) bond motifs is 1. The Morgan fingerprint density at radius 1 is 1.23 bits per heavy atom. The number of hydrogen-bond acceptors (Lipinski definition) is 6. The average Bonchev–Trinajstić information content (AvgIpc) is 3.01. The van der Waals surface area contributed by atoms with Crippen LogP contribution in [-0.2, 0) is 11.2 Å². The average molecular weight is 387 g/mol. The van der Waals surface area contributed by atoms with Crippen molar-refractivity contribution in [2.45, 2.75) is 44.4 Å². The molecule has 0 aliphatic rings. The van der Waals surface area contributed by atoms with Gasteiger partial charge in [-0.3, -0.25) is 10.1 Å². The second-order valence-corrected chi connectivity index (χ2v) is 9.07. The summed E-state index contributed by atoms with van der Waals surface area (Å²) in [5.41, 5.74) is 2.11. The SMILES string of the molecule is Cc1cc(SC(C)C(=O)Nc2nnc(CC(C)C)s2)nc2ccccc12. The second-order valence-electron chi connectivity index (χ2n) is 6.64. The van der Waals surface area contributed by atoms with E-state index in [1.54, 1.807) is 0 Å². The van der Waals surface area contributed by atoms with Crippen LogP contribution >= 0.6 is 23.1 Å². The first kappa shape index (κ1) is 18.8. The van der Waals surface area contributed by atoms with E-state index in [9.17, 15) is 4.79 Å². The van der Waals surface area contributed by atoms with E-state index in [-0.39, 0.29) is 11.2 Å². The molecule has 7 heteroatoms. The number of anilines is 1. The van der Waals surface area contributed by atoms with Crippen molar-refractivity contribution in [1.82, 2.24) is 15.2 Å². The fourth-order valence-electron chi connectivity index (χ4n) is 2.56. The summed E-state index contributed by atoms with van der Waals surface area (Å²) in [7, 11) is 0. The number of aromatic nitrogens is 3. The van der Waals surface area contributed by atoms with Gasteiger partial charge in [-0.1, -0.05) is 55.1 Å². The van der Waals surface area contributed by atoms with E-state index in [4.69, 9.17) is 0 Å². The summed E-state index contributed by atoms with van der Waals surface area (Å²) in [4.78, 5) is 17.1. The van der Waals surface area contributed by atoms with Crippen molar-refractivity contribution in [3.63, 3.8) is 0 Å². The molecule has 2 heterocycles. The number of carbonyl (C=O) groups excluding carboxylic acids is 1. The van der Waals surface area contributed by atoms with E-state index in [1.165, 1.54) is 23.1 Å². The Labute approximate surface area is 161 Å². The van der Waals surface area contributed by atoms with Crippen molar-refractivity contribution in [3.8, 4) is 0 Å². The molecule has 0 saturated heterocycles. The number of thioether (sulfide) groups is 1. The van der Waals surface area contributed by atoms with Gasteiger partial charge in [0.05, 0.1) is 15.8 Å². The third-order valence-electron chi connectivity index (χ3n) is 3.85. The molecule has 0 bridgehead atoms. The zero-order valence-electron chi connectivity index (χ0n) is 15.3. The molecule has 1 aromatic carbocycles. The van der Waals surface area contributed by atoms with Crippen molar-refractivity contribution in [2.75, 3.05) is 5.32 Å². The van der Waals surface area contributed by atoms with Gasteiger partial charge in [0, 0.05) is 11.8 Å². The predicted octanol–water partition coefficient (Wildman–Crippen LogP) is 4.71. The van der Waals surface area contributed by atoms with Gasteiger partial charge < -0.3 is 0 Å². The molecule has 0 radical (unpaired) electrons. The van der Waals surface area contributed by atoms with Gasteiger partial charge in [0.1, 0.15) is 5.01 Å². The maximum atomic E-state index is 12.5. The van der Waals surface area contributed by atoms with E-state index in [2.05, 4.69) is 47.3 Å². The molecule has 0 aliphatic carbocycles. The van der Waals surface area contributed by atoms with Crippen LogP contribution in [0.5, 0.6) is 0 Å². The molecule has 5 nitrogen and oxygen atoms in total. The highest BCUT2D eigenvalue weighted by Gasteiger charge is 2.18. The largest absolute Gasteiger partial charge is 0.300 e. The number of benzene rings is 1. The topological polar surface area (TPSA) is 67.8 Å². The molecular formula is C19H22N4OS2. The molecule has 1 unspecified atom stereocenters. The van der Waals surface area contributed by atoms with Crippen molar-refractivity contribution >= 4 is 45.0 Å². The molecule has 0 aliphatic heterocycles. The number of pyridine rings is 1. The molecular weight excluding hydrogens is 364 g/mol. The summed E-state index contributed by atoms with van der Waals surface area (Å²) in [6.45, 7) is 8.21. The number of nitrogens with one attached hydrogen (secondary N) is 1. The Balaban J connectivity index is 1.66. The molecule has 3 aromatic rings. The van der Waals surface area contributed by atoms with E-state index >= 15 is 0 Å². The van der Waals surface area contributed by atoms with Gasteiger partial charge in [0.15, 0.2) is 0 Å². The molecule has 1 atom stereocenters. The van der Waals surface area contributed by atoms with Gasteiger partial charge in [-0.25, -0.2) is 4.98 Å². The quantitative estimate of drug-likeness (QED) is 0.621. The molecule has 1 amide bonds. The molecule has 0 spiro atoms. The van der Waals surface area contributed by atoms with Crippen LogP contribution in [0.3, 0.4) is 0 Å². The number of amides is 1. The summed E-state index contributed by atoms with van der Waals surface area (Å²) in [6.07, 6.45) is 0.873. The van der Waals surface area contributed by atoms with Crippen molar-refractivity contribution in [2.24, 2.45) is 5.92 Å². The number of carbonyl (C=O) groups is 1. The number of aryl methyl sites for hydroxylation is 1. The molecule has 0 fully saturated rings. The molecule has 3 rings (SSSR count). The molecule has 136 valence electrons. The number of hydrogen-bond donors (Lipinski definition) is 1. The van der Waals surface area contributed by atoms with E-state index in [0.717, 1.165) is 32.9 Å². The summed E-state index contributed by atoms with van der Waals surface area (Å²) >= 11 is 2.89. The van der Waals surface area contributed by atoms with Crippen LogP contribution in [0, 0.1) is 12.8 Å². The third kappa shape index (κ3) is 4.59. The lowest BCUT2D eigenvalue weighted by Crippen LogP contribution is -2.22. The maximum Gasteiger partial charge on any atom is 0.239 e. The number of nitrogens with zero attached hydrogens (tertiary/aromatic N) is 3. The lowest BCUT2D eigenvalue weighted by molar-refractivity contribution is -0.115. The summed E-state index contributed by atoms with van der Waals surface area (Å²) in [5.74, 6) is 0.429. The highest BCUT2D eigenvalue weighted by atomic mass is 32.2. The highest BCUT2D eigenvalue weighted by Crippen LogP contribution is 2.27. The lowest BCUT2D eigenvalue weighted by Gasteiger charge is -2.11. The highest BCUT2D eigenvalue weighted by molar-refractivity contribution is 8.00. The normalized spacial score (nSPS) is 12.5. The smallest absolute Gasteiger partial charge is 0.239 e. The van der Waals surface area contributed by atoms with Crippen LogP contribution in [0.1, 0.15) is 31.3 Å². The van der Waals surface area contributed by atoms with Crippen molar-refractivity contribution in [3.05, 3.63) is 40.9 Å². The molecule has 26 heavy (non-hydrogen) atoms. The van der Waals surface area contributed by atoms with E-state index in [0.29, 0.717) is 11.0 Å². The minimum atomic E-state index is -0.277. The van der Waals surface area contributed by atoms with Crippen LogP contribution < -0.4 is 5.32 Å². The fourth-order valence-corrected chi connectivity index (χ4v) is 4.44. The fraction of sp³-hybridized carbons (Fsp3) is 0.368. The Kier molecular flexibility index (Phi) is 5.88. The molecule has 0 saturated carbocycles. The van der Waals surface area contributed by atoms with Gasteiger partial charge in [0.25, 0.3) is 0 Å². The lowest BCUT2D eigenvalue weighted by atomic mass is 10.1. The number of para-hydroxylation sites is 1. The Morgan fingerprint density at radius 2 is 2.00 bits per heavy atom. The first-order valence-corrected chi connectivity index (χ1v) is 10.3. The summed E-state index contributed by atoms with van der Waals surface area (Å²) in [6, 6.07) is 10.1. The zero-order chi connectivity index (χ0) is 18.7. The number of rotatable bonds is 6.